The van der Waals surface area contributed by atoms with Gasteiger partial charge < -0.3 is 9.47 Å². The summed E-state index contributed by atoms with van der Waals surface area (Å²) in [5, 5.41) is 8.14. The highest BCUT2D eigenvalue weighted by Crippen LogP contribution is 2.14. The molecule has 3 rings (SSSR count). The van der Waals surface area contributed by atoms with E-state index in [4.69, 9.17) is 4.74 Å². The Bertz CT molecular complexity index is 809. The molecule has 22 heavy (non-hydrogen) atoms. The summed E-state index contributed by atoms with van der Waals surface area (Å²) in [4.78, 5) is 11.5. The number of aromatic nitrogens is 3. The van der Waals surface area contributed by atoms with Crippen LogP contribution in [-0.4, -0.2) is 27.7 Å². The van der Waals surface area contributed by atoms with Crippen molar-refractivity contribution in [1.29, 1.82) is 0 Å². The summed E-state index contributed by atoms with van der Waals surface area (Å²) in [5.74, 6) is 1.03. The molecule has 0 fully saturated rings. The SMILES string of the molecule is COC(=O)c1ccn2c(COc3ccc(C)cc3)nnc2c1. The Hall–Kier alpha value is -2.89. The van der Waals surface area contributed by atoms with Crippen molar-refractivity contribution < 1.29 is 14.3 Å². The average molecular weight is 297 g/mol. The van der Waals surface area contributed by atoms with Crippen LogP contribution in [-0.2, 0) is 11.3 Å². The average Bonchev–Trinajstić information content (AvgIpc) is 2.96. The van der Waals surface area contributed by atoms with E-state index >= 15 is 0 Å². The lowest BCUT2D eigenvalue weighted by atomic mass is 10.2. The summed E-state index contributed by atoms with van der Waals surface area (Å²) < 4.78 is 12.2. The van der Waals surface area contributed by atoms with E-state index in [2.05, 4.69) is 14.9 Å². The molecule has 2 heterocycles. The number of hydrogen-bond acceptors (Lipinski definition) is 5. The van der Waals surface area contributed by atoms with Crippen molar-refractivity contribution in [1.82, 2.24) is 14.6 Å². The maximum atomic E-state index is 11.5. The van der Waals surface area contributed by atoms with E-state index < -0.39 is 5.97 Å². The highest BCUT2D eigenvalue weighted by atomic mass is 16.5. The van der Waals surface area contributed by atoms with Gasteiger partial charge in [-0.3, -0.25) is 4.40 Å². The number of methoxy groups -OCH3 is 1. The molecule has 0 saturated carbocycles. The summed E-state index contributed by atoms with van der Waals surface area (Å²) >= 11 is 0. The topological polar surface area (TPSA) is 65.7 Å². The maximum Gasteiger partial charge on any atom is 0.338 e. The van der Waals surface area contributed by atoms with E-state index in [-0.39, 0.29) is 0 Å². The third-order valence-electron chi connectivity index (χ3n) is 3.29. The number of carbonyl (C=O) groups is 1. The third-order valence-corrected chi connectivity index (χ3v) is 3.29. The van der Waals surface area contributed by atoms with Gasteiger partial charge in [0.1, 0.15) is 12.4 Å². The Labute approximate surface area is 127 Å². The van der Waals surface area contributed by atoms with Crippen molar-refractivity contribution in [2.45, 2.75) is 13.5 Å². The summed E-state index contributed by atoms with van der Waals surface area (Å²) in [6, 6.07) is 11.1. The molecule has 6 nitrogen and oxygen atoms in total. The fraction of sp³-hybridized carbons (Fsp3) is 0.188. The molecule has 0 aliphatic carbocycles. The van der Waals surface area contributed by atoms with E-state index in [9.17, 15) is 4.79 Å². The zero-order valence-electron chi connectivity index (χ0n) is 12.3. The number of pyridine rings is 1. The van der Waals surface area contributed by atoms with E-state index in [1.54, 1.807) is 22.7 Å². The van der Waals surface area contributed by atoms with Crippen LogP contribution in [0.5, 0.6) is 5.75 Å². The van der Waals surface area contributed by atoms with Gasteiger partial charge in [0.05, 0.1) is 12.7 Å². The van der Waals surface area contributed by atoms with Crippen LogP contribution in [0.2, 0.25) is 0 Å². The normalized spacial score (nSPS) is 10.6. The first-order valence-electron chi connectivity index (χ1n) is 6.79. The van der Waals surface area contributed by atoms with Crippen LogP contribution in [0, 0.1) is 6.92 Å². The summed E-state index contributed by atoms with van der Waals surface area (Å²) in [6.07, 6.45) is 1.73. The van der Waals surface area contributed by atoms with Crippen LogP contribution in [0.1, 0.15) is 21.7 Å². The molecule has 0 saturated heterocycles. The summed E-state index contributed by atoms with van der Waals surface area (Å²) in [6.45, 7) is 2.32. The molecule has 112 valence electrons. The van der Waals surface area contributed by atoms with Gasteiger partial charge in [-0.25, -0.2) is 4.79 Å². The van der Waals surface area contributed by atoms with E-state index in [0.717, 1.165) is 5.75 Å². The minimum Gasteiger partial charge on any atom is -0.486 e. The number of nitrogens with zero attached hydrogens (tertiary/aromatic N) is 3. The molecule has 0 N–H and O–H groups in total. The maximum absolute atomic E-state index is 11.5. The Morgan fingerprint density at radius 2 is 1.95 bits per heavy atom. The summed E-state index contributed by atoms with van der Waals surface area (Å²) in [5.41, 5.74) is 2.19. The zero-order chi connectivity index (χ0) is 15.5. The molecular weight excluding hydrogens is 282 g/mol. The van der Waals surface area contributed by atoms with Crippen molar-refractivity contribution >= 4 is 11.6 Å². The van der Waals surface area contributed by atoms with Gasteiger partial charge in [-0.2, -0.15) is 0 Å². The van der Waals surface area contributed by atoms with Crippen LogP contribution in [0.25, 0.3) is 5.65 Å². The van der Waals surface area contributed by atoms with Gasteiger partial charge in [-0.1, -0.05) is 17.7 Å². The highest BCUT2D eigenvalue weighted by molar-refractivity contribution is 5.90. The van der Waals surface area contributed by atoms with Gasteiger partial charge in [0.25, 0.3) is 0 Å². The lowest BCUT2D eigenvalue weighted by Gasteiger charge is -2.05. The number of aryl methyl sites for hydroxylation is 1. The minimum absolute atomic E-state index is 0.293. The van der Waals surface area contributed by atoms with Gasteiger partial charge >= 0.3 is 5.97 Å². The second-order valence-electron chi connectivity index (χ2n) is 4.85. The van der Waals surface area contributed by atoms with Crippen molar-refractivity contribution in [2.24, 2.45) is 0 Å². The molecule has 0 aliphatic heterocycles. The standard InChI is InChI=1S/C16H15N3O3/c1-11-3-5-13(6-4-11)22-10-15-18-17-14-9-12(16(20)21-2)7-8-19(14)15/h3-9H,10H2,1-2H3. The second-order valence-corrected chi connectivity index (χ2v) is 4.85. The Morgan fingerprint density at radius 1 is 1.18 bits per heavy atom. The largest absolute Gasteiger partial charge is 0.486 e. The molecule has 0 amide bonds. The van der Waals surface area contributed by atoms with Crippen molar-refractivity contribution in [3.63, 3.8) is 0 Å². The number of esters is 1. The lowest BCUT2D eigenvalue weighted by Crippen LogP contribution is -2.04. The quantitative estimate of drug-likeness (QED) is 0.692. The molecule has 0 spiro atoms. The third kappa shape index (κ3) is 2.76. The van der Waals surface area contributed by atoms with Crippen molar-refractivity contribution in [3.8, 4) is 5.75 Å². The Balaban J connectivity index is 1.79. The molecule has 0 atom stereocenters. The molecule has 1 aromatic carbocycles. The smallest absolute Gasteiger partial charge is 0.338 e. The van der Waals surface area contributed by atoms with E-state index in [1.807, 2.05) is 31.2 Å². The number of benzene rings is 1. The molecule has 3 aromatic rings. The molecule has 2 aromatic heterocycles. The van der Waals surface area contributed by atoms with E-state index in [1.165, 1.54) is 12.7 Å². The number of rotatable bonds is 4. The fourth-order valence-electron chi connectivity index (χ4n) is 2.07. The predicted octanol–water partition coefficient (Wildman–Crippen LogP) is 2.40. The van der Waals surface area contributed by atoms with Crippen molar-refractivity contribution in [3.05, 3.63) is 59.5 Å². The highest BCUT2D eigenvalue weighted by Gasteiger charge is 2.10. The predicted molar refractivity (Wildman–Crippen MR) is 79.8 cm³/mol. The fourth-order valence-corrected chi connectivity index (χ4v) is 2.07. The minimum atomic E-state index is -0.400. The molecule has 6 heteroatoms. The van der Waals surface area contributed by atoms with Gasteiger partial charge in [0.2, 0.25) is 0 Å². The number of fused-ring (bicyclic) bond motifs is 1. The first-order chi connectivity index (χ1) is 10.7. The lowest BCUT2D eigenvalue weighted by molar-refractivity contribution is 0.0600. The summed E-state index contributed by atoms with van der Waals surface area (Å²) in [7, 11) is 1.34. The van der Waals surface area contributed by atoms with Gasteiger partial charge in [0.15, 0.2) is 11.5 Å². The van der Waals surface area contributed by atoms with Crippen LogP contribution < -0.4 is 4.74 Å². The Morgan fingerprint density at radius 3 is 2.68 bits per heavy atom. The van der Waals surface area contributed by atoms with Crippen molar-refractivity contribution in [2.75, 3.05) is 7.11 Å². The zero-order valence-corrected chi connectivity index (χ0v) is 12.3. The second kappa shape index (κ2) is 5.85. The van der Waals surface area contributed by atoms with Crippen LogP contribution in [0.15, 0.2) is 42.6 Å². The molecule has 0 radical (unpaired) electrons. The van der Waals surface area contributed by atoms with Crippen LogP contribution >= 0.6 is 0 Å². The number of carbonyl (C=O) groups excluding carboxylic acids is 1. The van der Waals surface area contributed by atoms with Gasteiger partial charge in [-0.05, 0) is 31.2 Å². The molecular formula is C16H15N3O3. The molecule has 0 aliphatic rings. The molecule has 0 bridgehead atoms. The van der Waals surface area contributed by atoms with E-state index in [0.29, 0.717) is 23.6 Å². The first kappa shape index (κ1) is 14.1. The monoisotopic (exact) mass is 297 g/mol. The van der Waals surface area contributed by atoms with Crippen LogP contribution in [0.3, 0.4) is 0 Å². The first-order valence-corrected chi connectivity index (χ1v) is 6.79. The van der Waals surface area contributed by atoms with Gasteiger partial charge in [-0.15, -0.1) is 10.2 Å². The number of ether oxygens (including phenoxy) is 2. The van der Waals surface area contributed by atoms with Crippen LogP contribution in [0.4, 0.5) is 0 Å². The number of hydrogen-bond donors (Lipinski definition) is 0. The van der Waals surface area contributed by atoms with Gasteiger partial charge in [0, 0.05) is 6.20 Å². The Kier molecular flexibility index (Phi) is 3.74. The molecule has 0 unspecified atom stereocenters.